The van der Waals surface area contributed by atoms with Gasteiger partial charge in [0.05, 0.1) is 6.10 Å². The molecule has 2 rings (SSSR count). The summed E-state index contributed by atoms with van der Waals surface area (Å²) in [6, 6.07) is 8.37. The molecule has 0 radical (unpaired) electrons. The molecule has 0 aliphatic carbocycles. The molecular weight excluding hydrogens is 364 g/mol. The maximum Gasteiger partial charge on any atom is 0.129 e. The van der Waals surface area contributed by atoms with Crippen LogP contribution in [-0.2, 0) is 0 Å². The second kappa shape index (κ2) is 6.83. The Morgan fingerprint density at radius 2 is 1.90 bits per heavy atom. The molecule has 0 aliphatic rings. The summed E-state index contributed by atoms with van der Waals surface area (Å²) in [5, 5.41) is 10.6. The minimum Gasteiger partial charge on any atom is -0.388 e. The van der Waals surface area contributed by atoms with Crippen molar-refractivity contribution in [2.45, 2.75) is 12.0 Å². The lowest BCUT2D eigenvalue weighted by atomic mass is 9.88. The lowest BCUT2D eigenvalue weighted by Crippen LogP contribution is -2.22. The van der Waals surface area contributed by atoms with E-state index in [9.17, 15) is 13.9 Å². The van der Waals surface area contributed by atoms with Gasteiger partial charge in [0.15, 0.2) is 0 Å². The first-order valence-corrected chi connectivity index (χ1v) is 7.39. The molecule has 0 saturated heterocycles. The van der Waals surface area contributed by atoms with Crippen molar-refractivity contribution >= 4 is 27.5 Å². The summed E-state index contributed by atoms with van der Waals surface area (Å²) in [7, 11) is 0. The molecule has 6 heteroatoms. The predicted octanol–water partition coefficient (Wildman–Crippen LogP) is 4.16. The zero-order valence-electron chi connectivity index (χ0n) is 10.9. The molecule has 0 saturated carbocycles. The van der Waals surface area contributed by atoms with Crippen molar-refractivity contribution in [1.29, 1.82) is 0 Å². The van der Waals surface area contributed by atoms with Gasteiger partial charge < -0.3 is 10.8 Å². The minimum atomic E-state index is -1.30. The van der Waals surface area contributed by atoms with Crippen LogP contribution < -0.4 is 5.73 Å². The zero-order chi connectivity index (χ0) is 15.6. The molecule has 0 amide bonds. The van der Waals surface area contributed by atoms with Crippen molar-refractivity contribution in [2.75, 3.05) is 6.54 Å². The number of hydrogen-bond acceptors (Lipinski definition) is 2. The van der Waals surface area contributed by atoms with E-state index in [-0.39, 0.29) is 22.7 Å². The van der Waals surface area contributed by atoms with E-state index in [1.165, 1.54) is 36.4 Å². The smallest absolute Gasteiger partial charge is 0.129 e. The molecule has 0 heterocycles. The third-order valence-corrected chi connectivity index (χ3v) is 4.11. The topological polar surface area (TPSA) is 46.2 Å². The van der Waals surface area contributed by atoms with Crippen molar-refractivity contribution in [1.82, 2.24) is 0 Å². The number of hydrogen-bond donors (Lipinski definition) is 2. The largest absolute Gasteiger partial charge is 0.388 e. The van der Waals surface area contributed by atoms with Gasteiger partial charge in [0.25, 0.3) is 0 Å². The lowest BCUT2D eigenvalue weighted by Gasteiger charge is -2.24. The van der Waals surface area contributed by atoms with E-state index in [0.29, 0.717) is 4.47 Å². The Kier molecular flexibility index (Phi) is 5.32. The number of aliphatic hydroxyl groups is 1. The van der Waals surface area contributed by atoms with E-state index in [2.05, 4.69) is 15.9 Å². The Bertz CT molecular complexity index is 633. The molecule has 21 heavy (non-hydrogen) atoms. The third-order valence-electron chi connectivity index (χ3n) is 3.28. The Balaban J connectivity index is 2.48. The van der Waals surface area contributed by atoms with Crippen LogP contribution >= 0.6 is 27.5 Å². The second-order valence-corrected chi connectivity index (χ2v) is 5.91. The van der Waals surface area contributed by atoms with Crippen LogP contribution in [0, 0.1) is 11.6 Å². The van der Waals surface area contributed by atoms with E-state index < -0.39 is 23.7 Å². The fraction of sp³-hybridized carbons (Fsp3) is 0.200. The number of benzene rings is 2. The molecule has 2 aromatic rings. The predicted molar refractivity (Wildman–Crippen MR) is 82.3 cm³/mol. The van der Waals surface area contributed by atoms with Gasteiger partial charge in [0.2, 0.25) is 0 Å². The van der Waals surface area contributed by atoms with Crippen molar-refractivity contribution in [3.63, 3.8) is 0 Å². The summed E-state index contributed by atoms with van der Waals surface area (Å²) in [4.78, 5) is 0. The van der Waals surface area contributed by atoms with Gasteiger partial charge in [-0.05, 0) is 30.3 Å². The highest BCUT2D eigenvalue weighted by Gasteiger charge is 2.28. The molecule has 2 atom stereocenters. The molecule has 3 N–H and O–H groups in total. The van der Waals surface area contributed by atoms with Crippen LogP contribution in [-0.4, -0.2) is 11.7 Å². The van der Waals surface area contributed by atoms with Gasteiger partial charge >= 0.3 is 0 Å². The number of aliphatic hydroxyl groups excluding tert-OH is 1. The molecular formula is C15H13BrClF2NO. The van der Waals surface area contributed by atoms with E-state index in [4.69, 9.17) is 17.3 Å². The molecule has 0 aliphatic heterocycles. The fourth-order valence-electron chi connectivity index (χ4n) is 2.23. The summed E-state index contributed by atoms with van der Waals surface area (Å²) in [6.07, 6.45) is -1.30. The van der Waals surface area contributed by atoms with E-state index >= 15 is 0 Å². The quantitative estimate of drug-likeness (QED) is 0.842. The van der Waals surface area contributed by atoms with Crippen LogP contribution in [0.3, 0.4) is 0 Å². The summed E-state index contributed by atoms with van der Waals surface area (Å²) < 4.78 is 28.5. The summed E-state index contributed by atoms with van der Waals surface area (Å²) in [5.41, 5.74) is 5.78. The molecule has 2 nitrogen and oxygen atoms in total. The number of halogens is 4. The number of rotatable bonds is 4. The summed E-state index contributed by atoms with van der Waals surface area (Å²) in [6.45, 7) is -0.0756. The average molecular weight is 377 g/mol. The van der Waals surface area contributed by atoms with Gasteiger partial charge in [0, 0.05) is 33.1 Å². The van der Waals surface area contributed by atoms with Gasteiger partial charge in [-0.2, -0.15) is 0 Å². The van der Waals surface area contributed by atoms with Gasteiger partial charge in [0.1, 0.15) is 11.6 Å². The maximum absolute atomic E-state index is 14.0. The first-order chi connectivity index (χ1) is 9.95. The lowest BCUT2D eigenvalue weighted by molar-refractivity contribution is 0.141. The van der Waals surface area contributed by atoms with Gasteiger partial charge in [-0.25, -0.2) is 8.78 Å². The van der Waals surface area contributed by atoms with Crippen LogP contribution in [0.5, 0.6) is 0 Å². The summed E-state index contributed by atoms with van der Waals surface area (Å²) >= 11 is 9.21. The third kappa shape index (κ3) is 3.43. The molecule has 2 aromatic carbocycles. The van der Waals surface area contributed by atoms with Crippen LogP contribution in [0.4, 0.5) is 8.78 Å². The Morgan fingerprint density at radius 1 is 1.19 bits per heavy atom. The Labute approximate surface area is 134 Å². The Morgan fingerprint density at radius 3 is 2.52 bits per heavy atom. The highest BCUT2D eigenvalue weighted by atomic mass is 79.9. The monoisotopic (exact) mass is 375 g/mol. The van der Waals surface area contributed by atoms with E-state index in [0.717, 1.165) is 0 Å². The van der Waals surface area contributed by atoms with Crippen molar-refractivity contribution in [2.24, 2.45) is 5.73 Å². The number of nitrogens with two attached hydrogens (primary N) is 1. The zero-order valence-corrected chi connectivity index (χ0v) is 13.2. The average Bonchev–Trinajstić information content (AvgIpc) is 2.45. The van der Waals surface area contributed by atoms with Gasteiger partial charge in [-0.15, -0.1) is 0 Å². The molecule has 0 spiro atoms. The van der Waals surface area contributed by atoms with E-state index in [1.54, 1.807) is 0 Å². The van der Waals surface area contributed by atoms with Crippen LogP contribution in [0.15, 0.2) is 40.9 Å². The summed E-state index contributed by atoms with van der Waals surface area (Å²) in [5.74, 6) is -2.01. The van der Waals surface area contributed by atoms with Gasteiger partial charge in [-0.3, -0.25) is 0 Å². The van der Waals surface area contributed by atoms with Crippen LogP contribution in [0.25, 0.3) is 0 Å². The maximum atomic E-state index is 14.0. The first-order valence-electron chi connectivity index (χ1n) is 6.22. The van der Waals surface area contributed by atoms with Crippen molar-refractivity contribution < 1.29 is 13.9 Å². The minimum absolute atomic E-state index is 0.0409. The molecule has 0 bridgehead atoms. The second-order valence-electron chi connectivity index (χ2n) is 4.59. The molecule has 112 valence electrons. The molecule has 2 unspecified atom stereocenters. The Hall–Kier alpha value is -1.01. The highest BCUT2D eigenvalue weighted by molar-refractivity contribution is 9.10. The SMILES string of the molecule is NCC(c1c(F)cccc1Cl)C(O)c1cc(Br)ccc1F. The fourth-order valence-corrected chi connectivity index (χ4v) is 2.91. The van der Waals surface area contributed by atoms with Crippen LogP contribution in [0.2, 0.25) is 5.02 Å². The van der Waals surface area contributed by atoms with Crippen molar-refractivity contribution in [3.05, 3.63) is 68.7 Å². The molecule has 0 fully saturated rings. The highest BCUT2D eigenvalue weighted by Crippen LogP contribution is 2.37. The first kappa shape index (κ1) is 16.4. The molecule has 0 aromatic heterocycles. The normalized spacial score (nSPS) is 14.0. The van der Waals surface area contributed by atoms with E-state index in [1.807, 2.05) is 0 Å². The van der Waals surface area contributed by atoms with Gasteiger partial charge in [-0.1, -0.05) is 33.6 Å². The van der Waals surface area contributed by atoms with Crippen molar-refractivity contribution in [3.8, 4) is 0 Å². The standard InChI is InChI=1S/C15H13BrClF2NO/c16-8-4-5-12(18)9(6-8)15(21)10(7-20)14-11(17)2-1-3-13(14)19/h1-6,10,15,21H,7,20H2. The van der Waals surface area contributed by atoms with Crippen LogP contribution in [0.1, 0.15) is 23.1 Å².